The van der Waals surface area contributed by atoms with Crippen molar-refractivity contribution >= 4 is 5.78 Å². The van der Waals surface area contributed by atoms with Gasteiger partial charge in [-0.25, -0.2) is 0 Å². The number of hydrogen-bond donors (Lipinski definition) is 0. The maximum Gasteiger partial charge on any atom is 0.162 e. The number of piperidine rings is 1. The van der Waals surface area contributed by atoms with Gasteiger partial charge in [-0.2, -0.15) is 0 Å². The van der Waals surface area contributed by atoms with Crippen LogP contribution in [0.4, 0.5) is 0 Å². The van der Waals surface area contributed by atoms with Crippen LogP contribution in [0.5, 0.6) is 11.5 Å². The van der Waals surface area contributed by atoms with Crippen molar-refractivity contribution < 1.29 is 14.3 Å². The third-order valence-electron chi connectivity index (χ3n) is 6.87. The molecule has 0 saturated carbocycles. The van der Waals surface area contributed by atoms with Crippen LogP contribution in [0.25, 0.3) is 0 Å². The molecule has 1 atom stereocenters. The van der Waals surface area contributed by atoms with Crippen LogP contribution < -0.4 is 9.47 Å². The topological polar surface area (TPSA) is 38.8 Å². The summed E-state index contributed by atoms with van der Waals surface area (Å²) in [5.74, 6) is 1.85. The number of fused-ring (bicyclic) bond motifs is 3. The Hall–Kier alpha value is -3.11. The standard InChI is InChI=1S/C29H31NO3/c1-29(2)18-24(31)16-26-25-17-28(33-20-22-11-7-4-8-12-22)27(15-23(25)13-14-30(26)29)32-19-21-9-5-3-6-10-21/h3-12,15,17,26H,13-14,16,18-20H2,1-2H3/t26-/m0/s1. The molecule has 0 bridgehead atoms. The second-order valence-corrected chi connectivity index (χ2v) is 9.74. The average molecular weight is 442 g/mol. The Balaban J connectivity index is 1.47. The molecular formula is C29H31NO3. The van der Waals surface area contributed by atoms with Crippen molar-refractivity contribution in [3.63, 3.8) is 0 Å². The maximum atomic E-state index is 12.6. The van der Waals surface area contributed by atoms with Gasteiger partial charge < -0.3 is 9.47 Å². The Morgan fingerprint density at radius 2 is 1.45 bits per heavy atom. The van der Waals surface area contributed by atoms with Crippen LogP contribution >= 0.6 is 0 Å². The summed E-state index contributed by atoms with van der Waals surface area (Å²) in [4.78, 5) is 15.1. The first-order valence-corrected chi connectivity index (χ1v) is 11.8. The second kappa shape index (κ2) is 9.03. The highest BCUT2D eigenvalue weighted by Gasteiger charge is 2.43. The third kappa shape index (κ3) is 4.67. The molecule has 1 saturated heterocycles. The lowest BCUT2D eigenvalue weighted by Crippen LogP contribution is -2.54. The van der Waals surface area contributed by atoms with Crippen molar-refractivity contribution in [3.05, 3.63) is 95.1 Å². The van der Waals surface area contributed by atoms with Gasteiger partial charge in [0.1, 0.15) is 19.0 Å². The van der Waals surface area contributed by atoms with E-state index >= 15 is 0 Å². The Morgan fingerprint density at radius 3 is 2.06 bits per heavy atom. The molecule has 0 aromatic heterocycles. The molecule has 0 amide bonds. The lowest BCUT2D eigenvalue weighted by atomic mass is 9.78. The van der Waals surface area contributed by atoms with Gasteiger partial charge in [0.25, 0.3) is 0 Å². The predicted molar refractivity (Wildman–Crippen MR) is 129 cm³/mol. The fourth-order valence-corrected chi connectivity index (χ4v) is 5.22. The lowest BCUT2D eigenvalue weighted by molar-refractivity contribution is -0.129. The predicted octanol–water partition coefficient (Wildman–Crippen LogP) is 5.89. The summed E-state index contributed by atoms with van der Waals surface area (Å²) in [5, 5.41) is 0. The number of ether oxygens (including phenoxy) is 2. The molecule has 170 valence electrons. The molecule has 2 aliphatic heterocycles. The molecule has 1 fully saturated rings. The summed E-state index contributed by atoms with van der Waals surface area (Å²) in [6.45, 7) is 6.29. The lowest BCUT2D eigenvalue weighted by Gasteiger charge is -2.50. The van der Waals surface area contributed by atoms with E-state index in [4.69, 9.17) is 9.47 Å². The number of carbonyl (C=O) groups excluding carboxylic acids is 1. The van der Waals surface area contributed by atoms with Crippen LogP contribution in [0, 0.1) is 0 Å². The molecular weight excluding hydrogens is 410 g/mol. The number of carbonyl (C=O) groups is 1. The van der Waals surface area contributed by atoms with Gasteiger partial charge in [-0.1, -0.05) is 60.7 Å². The van der Waals surface area contributed by atoms with Gasteiger partial charge >= 0.3 is 0 Å². The Kier molecular flexibility index (Phi) is 5.94. The monoisotopic (exact) mass is 441 g/mol. The van der Waals surface area contributed by atoms with E-state index in [1.807, 2.05) is 36.4 Å². The van der Waals surface area contributed by atoms with E-state index in [1.54, 1.807) is 0 Å². The van der Waals surface area contributed by atoms with Crippen LogP contribution in [-0.4, -0.2) is 22.8 Å². The van der Waals surface area contributed by atoms with Gasteiger partial charge in [0.05, 0.1) is 0 Å². The minimum atomic E-state index is -0.120. The highest BCUT2D eigenvalue weighted by molar-refractivity contribution is 5.81. The summed E-state index contributed by atoms with van der Waals surface area (Å²) < 4.78 is 12.6. The van der Waals surface area contributed by atoms with E-state index in [2.05, 4.69) is 55.1 Å². The Bertz CT molecular complexity index is 1120. The van der Waals surface area contributed by atoms with Crippen LogP contribution in [0.3, 0.4) is 0 Å². The third-order valence-corrected chi connectivity index (χ3v) is 6.87. The number of ketones is 1. The molecule has 4 nitrogen and oxygen atoms in total. The zero-order valence-electron chi connectivity index (χ0n) is 19.4. The molecule has 0 aliphatic carbocycles. The number of Topliss-reactive ketones (excluding diaryl/α,β-unsaturated/α-hetero) is 1. The molecule has 33 heavy (non-hydrogen) atoms. The number of benzene rings is 3. The highest BCUT2D eigenvalue weighted by atomic mass is 16.5. The largest absolute Gasteiger partial charge is 0.485 e. The number of rotatable bonds is 6. The summed E-state index contributed by atoms with van der Waals surface area (Å²) >= 11 is 0. The van der Waals surface area contributed by atoms with Gasteiger partial charge in [-0.15, -0.1) is 0 Å². The van der Waals surface area contributed by atoms with Gasteiger partial charge in [0.2, 0.25) is 0 Å². The number of nitrogens with zero attached hydrogens (tertiary/aromatic N) is 1. The molecule has 0 spiro atoms. The molecule has 0 unspecified atom stereocenters. The van der Waals surface area contributed by atoms with Crippen LogP contribution in [0.15, 0.2) is 72.8 Å². The van der Waals surface area contributed by atoms with Crippen molar-refractivity contribution in [3.8, 4) is 11.5 Å². The zero-order valence-corrected chi connectivity index (χ0v) is 19.4. The van der Waals surface area contributed by atoms with E-state index in [1.165, 1.54) is 11.1 Å². The average Bonchev–Trinajstić information content (AvgIpc) is 2.81. The van der Waals surface area contributed by atoms with Crippen LogP contribution in [0.2, 0.25) is 0 Å². The quantitative estimate of drug-likeness (QED) is 0.478. The van der Waals surface area contributed by atoms with Crippen molar-refractivity contribution in [2.45, 2.75) is 57.9 Å². The molecule has 2 heterocycles. The first kappa shape index (κ1) is 21.7. The molecule has 4 heteroatoms. The van der Waals surface area contributed by atoms with Gasteiger partial charge in [0.15, 0.2) is 11.5 Å². The van der Waals surface area contributed by atoms with Crippen molar-refractivity contribution in [2.75, 3.05) is 6.54 Å². The van der Waals surface area contributed by atoms with Gasteiger partial charge in [-0.05, 0) is 54.7 Å². The van der Waals surface area contributed by atoms with E-state index in [0.29, 0.717) is 31.8 Å². The molecule has 3 aromatic carbocycles. The summed E-state index contributed by atoms with van der Waals surface area (Å²) in [5.41, 5.74) is 4.58. The van der Waals surface area contributed by atoms with Crippen LogP contribution in [-0.2, 0) is 24.4 Å². The first-order valence-electron chi connectivity index (χ1n) is 11.8. The van der Waals surface area contributed by atoms with Crippen molar-refractivity contribution in [1.82, 2.24) is 4.90 Å². The summed E-state index contributed by atoms with van der Waals surface area (Å²) in [7, 11) is 0. The smallest absolute Gasteiger partial charge is 0.162 e. The number of hydrogen-bond acceptors (Lipinski definition) is 4. The molecule has 0 N–H and O–H groups in total. The summed E-state index contributed by atoms with van der Waals surface area (Å²) in [6.07, 6.45) is 2.14. The van der Waals surface area contributed by atoms with E-state index in [-0.39, 0.29) is 11.6 Å². The minimum absolute atomic E-state index is 0.104. The normalized spacial score (nSPS) is 19.5. The highest BCUT2D eigenvalue weighted by Crippen LogP contribution is 2.45. The van der Waals surface area contributed by atoms with E-state index in [9.17, 15) is 4.79 Å². The van der Waals surface area contributed by atoms with Gasteiger partial charge in [-0.3, -0.25) is 9.69 Å². The van der Waals surface area contributed by atoms with Crippen molar-refractivity contribution in [1.29, 1.82) is 0 Å². The SMILES string of the molecule is CC1(C)CC(=O)C[C@H]2c3cc(OCc4ccccc4)c(OCc4ccccc4)cc3CCN21. The molecule has 0 radical (unpaired) electrons. The van der Waals surface area contributed by atoms with E-state index in [0.717, 1.165) is 35.6 Å². The molecule has 3 aromatic rings. The van der Waals surface area contributed by atoms with Crippen LogP contribution in [0.1, 0.15) is 55.0 Å². The molecule has 2 aliphatic rings. The first-order chi connectivity index (χ1) is 16.0. The molecule has 5 rings (SSSR count). The fraction of sp³-hybridized carbons (Fsp3) is 0.345. The Labute approximate surface area is 196 Å². The zero-order chi connectivity index (χ0) is 22.8. The fourth-order valence-electron chi connectivity index (χ4n) is 5.22. The van der Waals surface area contributed by atoms with Crippen molar-refractivity contribution in [2.24, 2.45) is 0 Å². The summed E-state index contributed by atoms with van der Waals surface area (Å²) in [6, 6.07) is 24.7. The second-order valence-electron chi connectivity index (χ2n) is 9.74. The Morgan fingerprint density at radius 1 is 0.879 bits per heavy atom. The van der Waals surface area contributed by atoms with E-state index < -0.39 is 0 Å². The van der Waals surface area contributed by atoms with Gasteiger partial charge in [0, 0.05) is 31.0 Å². The minimum Gasteiger partial charge on any atom is -0.485 e. The maximum absolute atomic E-state index is 12.6.